The Morgan fingerprint density at radius 3 is 1.40 bits per heavy atom. The van der Waals surface area contributed by atoms with Gasteiger partial charge in [0.2, 0.25) is 0 Å². The average Bonchev–Trinajstić information content (AvgIpc) is 3.25. The maximum atomic E-state index is 14.0. The maximum absolute atomic E-state index is 14.0. The first kappa shape index (κ1) is 13.2. The zero-order valence-electron chi connectivity index (χ0n) is 10.9. The van der Waals surface area contributed by atoms with Gasteiger partial charge in [0.25, 0.3) is 0 Å². The predicted octanol–water partition coefficient (Wildman–Crippen LogP) is 4.95. The molecule has 0 nitrogen and oxygen atoms in total. The van der Waals surface area contributed by atoms with E-state index >= 15 is 0 Å². The van der Waals surface area contributed by atoms with Gasteiger partial charge >= 0.3 is 6.18 Å². The highest BCUT2D eigenvalue weighted by atomic mass is 19.4. The SMILES string of the molecule is FC(F)(F)C(c1ccccc1)(c1ccccc1)C1CC1. The van der Waals surface area contributed by atoms with E-state index in [1.807, 2.05) is 0 Å². The van der Waals surface area contributed by atoms with Crippen molar-refractivity contribution in [2.24, 2.45) is 5.92 Å². The summed E-state index contributed by atoms with van der Waals surface area (Å²) < 4.78 is 42.1. The first-order chi connectivity index (χ1) is 9.57. The summed E-state index contributed by atoms with van der Waals surface area (Å²) in [4.78, 5) is 0. The maximum Gasteiger partial charge on any atom is 0.402 e. The van der Waals surface area contributed by atoms with Crippen LogP contribution in [0.2, 0.25) is 0 Å². The highest BCUT2D eigenvalue weighted by molar-refractivity contribution is 5.44. The van der Waals surface area contributed by atoms with E-state index in [9.17, 15) is 13.2 Å². The first-order valence-electron chi connectivity index (χ1n) is 6.74. The molecule has 2 aromatic carbocycles. The van der Waals surface area contributed by atoms with Gasteiger partial charge in [0.05, 0.1) is 0 Å². The van der Waals surface area contributed by atoms with Crippen LogP contribution in [0, 0.1) is 5.92 Å². The van der Waals surface area contributed by atoms with E-state index in [1.165, 1.54) is 0 Å². The van der Waals surface area contributed by atoms with Crippen LogP contribution in [0.1, 0.15) is 24.0 Å². The van der Waals surface area contributed by atoms with Crippen LogP contribution >= 0.6 is 0 Å². The average molecular weight is 276 g/mol. The molecule has 0 spiro atoms. The number of halogens is 3. The van der Waals surface area contributed by atoms with Gasteiger partial charge in [0, 0.05) is 0 Å². The summed E-state index contributed by atoms with van der Waals surface area (Å²) >= 11 is 0. The van der Waals surface area contributed by atoms with Crippen LogP contribution in [0.4, 0.5) is 13.2 Å². The van der Waals surface area contributed by atoms with Crippen LogP contribution in [0.3, 0.4) is 0 Å². The second kappa shape index (κ2) is 4.65. The van der Waals surface area contributed by atoms with Crippen molar-refractivity contribution in [3.05, 3.63) is 71.8 Å². The summed E-state index contributed by atoms with van der Waals surface area (Å²) in [6.45, 7) is 0. The molecule has 0 N–H and O–H groups in total. The fourth-order valence-electron chi connectivity index (χ4n) is 3.12. The molecule has 3 rings (SSSR count). The number of rotatable bonds is 3. The summed E-state index contributed by atoms with van der Waals surface area (Å²) in [6.07, 6.45) is -3.04. The zero-order valence-corrected chi connectivity index (χ0v) is 10.9. The van der Waals surface area contributed by atoms with Crippen molar-refractivity contribution >= 4 is 0 Å². The third kappa shape index (κ3) is 1.92. The van der Waals surface area contributed by atoms with Crippen molar-refractivity contribution in [2.75, 3.05) is 0 Å². The number of hydrogen-bond donors (Lipinski definition) is 0. The summed E-state index contributed by atoms with van der Waals surface area (Å²) in [5.41, 5.74) is -1.17. The van der Waals surface area contributed by atoms with E-state index in [2.05, 4.69) is 0 Å². The second-order valence-electron chi connectivity index (χ2n) is 5.31. The van der Waals surface area contributed by atoms with Crippen molar-refractivity contribution in [3.8, 4) is 0 Å². The van der Waals surface area contributed by atoms with Gasteiger partial charge in [-0.25, -0.2) is 0 Å². The van der Waals surface area contributed by atoms with Gasteiger partial charge in [0.15, 0.2) is 0 Å². The number of alkyl halides is 3. The van der Waals surface area contributed by atoms with Gasteiger partial charge in [-0.3, -0.25) is 0 Å². The molecule has 0 bridgehead atoms. The van der Waals surface area contributed by atoms with Gasteiger partial charge in [-0.15, -0.1) is 0 Å². The molecule has 2 aromatic rings. The Hall–Kier alpha value is -1.77. The molecule has 104 valence electrons. The Bertz CT molecular complexity index is 529. The molecule has 20 heavy (non-hydrogen) atoms. The number of benzene rings is 2. The quantitative estimate of drug-likeness (QED) is 0.744. The first-order valence-corrected chi connectivity index (χ1v) is 6.74. The lowest BCUT2D eigenvalue weighted by Crippen LogP contribution is -2.45. The zero-order chi connectivity index (χ0) is 14.2. The molecule has 0 aliphatic heterocycles. The van der Waals surface area contributed by atoms with Crippen molar-refractivity contribution < 1.29 is 13.2 Å². The number of hydrogen-bond acceptors (Lipinski definition) is 0. The van der Waals surface area contributed by atoms with E-state index in [1.54, 1.807) is 60.7 Å². The minimum atomic E-state index is -4.29. The highest BCUT2D eigenvalue weighted by Gasteiger charge is 2.64. The van der Waals surface area contributed by atoms with E-state index in [0.29, 0.717) is 24.0 Å². The van der Waals surface area contributed by atoms with Crippen molar-refractivity contribution in [1.29, 1.82) is 0 Å². The van der Waals surface area contributed by atoms with Gasteiger partial charge in [-0.05, 0) is 29.9 Å². The minimum Gasteiger partial charge on any atom is -0.170 e. The van der Waals surface area contributed by atoms with E-state index in [4.69, 9.17) is 0 Å². The Morgan fingerprint density at radius 1 is 0.700 bits per heavy atom. The molecule has 1 aliphatic rings. The summed E-state index contributed by atoms with van der Waals surface area (Å²) in [7, 11) is 0. The molecule has 1 saturated carbocycles. The monoisotopic (exact) mass is 276 g/mol. The molecule has 1 fully saturated rings. The van der Waals surface area contributed by atoms with Gasteiger partial charge < -0.3 is 0 Å². The fourth-order valence-corrected chi connectivity index (χ4v) is 3.12. The van der Waals surface area contributed by atoms with E-state index < -0.39 is 11.6 Å². The minimum absolute atomic E-state index is 0.348. The standard InChI is InChI=1S/C17H15F3/c18-17(19,20)16(15-11-12-15,13-7-3-1-4-8-13)14-9-5-2-6-10-14/h1-10,15H,11-12H2. The second-order valence-corrected chi connectivity index (χ2v) is 5.31. The summed E-state index contributed by atoms with van der Waals surface area (Å²) in [6, 6.07) is 16.6. The summed E-state index contributed by atoms with van der Waals surface area (Å²) in [5, 5.41) is 0. The van der Waals surface area contributed by atoms with Gasteiger partial charge in [0.1, 0.15) is 5.41 Å². The Labute approximate surface area is 116 Å². The lowest BCUT2D eigenvalue weighted by Gasteiger charge is -2.37. The Balaban J connectivity index is 2.27. The van der Waals surface area contributed by atoms with Crippen molar-refractivity contribution in [3.63, 3.8) is 0 Å². The smallest absolute Gasteiger partial charge is 0.170 e. The Morgan fingerprint density at radius 2 is 1.10 bits per heavy atom. The molecule has 0 aromatic heterocycles. The van der Waals surface area contributed by atoms with Gasteiger partial charge in [-0.1, -0.05) is 60.7 Å². The normalized spacial score (nSPS) is 16.1. The Kier molecular flexibility index (Phi) is 3.08. The van der Waals surface area contributed by atoms with Crippen LogP contribution in [0.5, 0.6) is 0 Å². The lowest BCUT2D eigenvalue weighted by atomic mass is 9.70. The van der Waals surface area contributed by atoms with Crippen LogP contribution < -0.4 is 0 Å². The topological polar surface area (TPSA) is 0 Å². The van der Waals surface area contributed by atoms with Gasteiger partial charge in [-0.2, -0.15) is 13.2 Å². The molecule has 0 radical (unpaired) electrons. The molecule has 0 saturated heterocycles. The molecule has 1 aliphatic carbocycles. The molecule has 0 atom stereocenters. The molecular weight excluding hydrogens is 261 g/mol. The van der Waals surface area contributed by atoms with E-state index in [0.717, 1.165) is 0 Å². The van der Waals surface area contributed by atoms with Crippen LogP contribution in [-0.2, 0) is 5.41 Å². The van der Waals surface area contributed by atoms with Crippen LogP contribution in [0.25, 0.3) is 0 Å². The van der Waals surface area contributed by atoms with Crippen molar-refractivity contribution in [2.45, 2.75) is 24.4 Å². The third-order valence-electron chi connectivity index (χ3n) is 4.10. The molecule has 0 unspecified atom stereocenters. The van der Waals surface area contributed by atoms with E-state index in [-0.39, 0.29) is 5.92 Å². The fraction of sp³-hybridized carbons (Fsp3) is 0.294. The molecule has 0 heterocycles. The van der Waals surface area contributed by atoms with Crippen LogP contribution in [-0.4, -0.2) is 6.18 Å². The molecular formula is C17H15F3. The lowest BCUT2D eigenvalue weighted by molar-refractivity contribution is -0.184. The van der Waals surface area contributed by atoms with Crippen molar-refractivity contribution in [1.82, 2.24) is 0 Å². The molecule has 0 amide bonds. The molecule has 3 heteroatoms. The third-order valence-corrected chi connectivity index (χ3v) is 4.10. The largest absolute Gasteiger partial charge is 0.402 e. The van der Waals surface area contributed by atoms with Crippen LogP contribution in [0.15, 0.2) is 60.7 Å². The predicted molar refractivity (Wildman–Crippen MR) is 72.4 cm³/mol. The summed E-state index contributed by atoms with van der Waals surface area (Å²) in [5.74, 6) is -0.354. The highest BCUT2D eigenvalue weighted by Crippen LogP contribution is 2.59.